The standard InChI is InChI=1S/C19H17N5O3/c1-14-11-18(24(26)27)22-23(14)13-16-7-9-17(10-8-16)19(25)21-20-12-15-5-3-2-4-6-15/h2-12H,13H2,1H3,(H,21,25)/b20-12-. The van der Waals surface area contributed by atoms with E-state index in [1.165, 1.54) is 6.07 Å². The maximum absolute atomic E-state index is 12.1. The predicted molar refractivity (Wildman–Crippen MR) is 101 cm³/mol. The SMILES string of the molecule is Cc1cc([N+](=O)[O-])nn1Cc1ccc(C(=O)N/N=C\c2ccccc2)cc1. The molecule has 1 aromatic heterocycles. The number of carbonyl (C=O) groups excluding carboxylic acids is 1. The van der Waals surface area contributed by atoms with Crippen LogP contribution in [0.2, 0.25) is 0 Å². The lowest BCUT2D eigenvalue weighted by molar-refractivity contribution is -0.389. The molecule has 0 aliphatic rings. The van der Waals surface area contributed by atoms with E-state index < -0.39 is 4.92 Å². The molecule has 136 valence electrons. The number of hydrogen-bond donors (Lipinski definition) is 1. The van der Waals surface area contributed by atoms with Gasteiger partial charge in [0.15, 0.2) is 0 Å². The number of nitrogens with zero attached hydrogens (tertiary/aromatic N) is 4. The zero-order valence-corrected chi connectivity index (χ0v) is 14.6. The van der Waals surface area contributed by atoms with E-state index in [2.05, 4.69) is 15.6 Å². The number of carbonyl (C=O) groups is 1. The number of rotatable bonds is 6. The van der Waals surface area contributed by atoms with Gasteiger partial charge in [0.2, 0.25) is 0 Å². The first-order valence-electron chi connectivity index (χ1n) is 8.19. The van der Waals surface area contributed by atoms with E-state index >= 15 is 0 Å². The highest BCUT2D eigenvalue weighted by molar-refractivity contribution is 5.94. The van der Waals surface area contributed by atoms with Crippen molar-refractivity contribution in [1.82, 2.24) is 15.2 Å². The van der Waals surface area contributed by atoms with Crippen molar-refractivity contribution in [2.75, 3.05) is 0 Å². The van der Waals surface area contributed by atoms with Gasteiger partial charge in [-0.25, -0.2) is 5.43 Å². The van der Waals surface area contributed by atoms with Gasteiger partial charge in [0, 0.05) is 5.56 Å². The van der Waals surface area contributed by atoms with Gasteiger partial charge in [-0.1, -0.05) is 42.5 Å². The number of aromatic nitrogens is 2. The Morgan fingerprint density at radius 2 is 1.93 bits per heavy atom. The number of amides is 1. The molecule has 0 spiro atoms. The van der Waals surface area contributed by atoms with Gasteiger partial charge >= 0.3 is 5.82 Å². The lowest BCUT2D eigenvalue weighted by Crippen LogP contribution is -2.17. The molecule has 0 aliphatic heterocycles. The van der Waals surface area contributed by atoms with E-state index in [-0.39, 0.29) is 11.7 Å². The minimum Gasteiger partial charge on any atom is -0.358 e. The van der Waals surface area contributed by atoms with Crippen molar-refractivity contribution >= 4 is 17.9 Å². The summed E-state index contributed by atoms with van der Waals surface area (Å²) in [5, 5.41) is 18.7. The van der Waals surface area contributed by atoms with Crippen LogP contribution in [0.25, 0.3) is 0 Å². The van der Waals surface area contributed by atoms with Gasteiger partial charge in [-0.3, -0.25) is 4.79 Å². The van der Waals surface area contributed by atoms with Crippen molar-refractivity contribution < 1.29 is 9.72 Å². The van der Waals surface area contributed by atoms with Gasteiger partial charge in [0.25, 0.3) is 5.91 Å². The van der Waals surface area contributed by atoms with Gasteiger partial charge in [-0.2, -0.15) is 9.78 Å². The second-order valence-electron chi connectivity index (χ2n) is 5.87. The Morgan fingerprint density at radius 1 is 1.22 bits per heavy atom. The fourth-order valence-corrected chi connectivity index (χ4v) is 2.45. The van der Waals surface area contributed by atoms with Crippen LogP contribution in [0.4, 0.5) is 5.82 Å². The molecule has 27 heavy (non-hydrogen) atoms. The van der Waals surface area contributed by atoms with Crippen LogP contribution in [0.5, 0.6) is 0 Å². The average molecular weight is 363 g/mol. The summed E-state index contributed by atoms with van der Waals surface area (Å²) in [5.74, 6) is -0.501. The quantitative estimate of drug-likeness (QED) is 0.413. The first-order chi connectivity index (χ1) is 13.0. The van der Waals surface area contributed by atoms with Crippen LogP contribution >= 0.6 is 0 Å². The normalized spacial score (nSPS) is 10.9. The zero-order valence-electron chi connectivity index (χ0n) is 14.6. The Bertz CT molecular complexity index is 978. The number of benzene rings is 2. The minimum absolute atomic E-state index is 0.181. The van der Waals surface area contributed by atoms with Gasteiger partial charge in [-0.05, 0) is 35.1 Å². The topological polar surface area (TPSA) is 102 Å². The molecule has 0 unspecified atom stereocenters. The summed E-state index contributed by atoms with van der Waals surface area (Å²) in [6.45, 7) is 2.14. The van der Waals surface area contributed by atoms with E-state index in [0.29, 0.717) is 17.8 Å². The summed E-state index contributed by atoms with van der Waals surface area (Å²) in [7, 11) is 0. The summed E-state index contributed by atoms with van der Waals surface area (Å²) >= 11 is 0. The first-order valence-corrected chi connectivity index (χ1v) is 8.19. The monoisotopic (exact) mass is 363 g/mol. The van der Waals surface area contributed by atoms with Crippen LogP contribution < -0.4 is 5.43 Å². The number of nitro groups is 1. The van der Waals surface area contributed by atoms with Crippen LogP contribution in [0.3, 0.4) is 0 Å². The van der Waals surface area contributed by atoms with Crippen LogP contribution in [0.15, 0.2) is 65.8 Å². The molecule has 0 saturated heterocycles. The van der Waals surface area contributed by atoms with Crippen molar-refractivity contribution in [1.29, 1.82) is 0 Å². The molecule has 2 aromatic carbocycles. The van der Waals surface area contributed by atoms with Gasteiger partial charge in [-0.15, -0.1) is 0 Å². The summed E-state index contributed by atoms with van der Waals surface area (Å²) in [6, 6.07) is 17.8. The Hall–Kier alpha value is -3.81. The van der Waals surface area contributed by atoms with E-state index in [1.54, 1.807) is 42.1 Å². The molecule has 0 saturated carbocycles. The number of aryl methyl sites for hydroxylation is 1. The number of hydrazone groups is 1. The molecule has 1 heterocycles. The fraction of sp³-hybridized carbons (Fsp3) is 0.105. The second kappa shape index (κ2) is 8.05. The molecule has 1 amide bonds. The Kier molecular flexibility index (Phi) is 5.36. The Morgan fingerprint density at radius 3 is 2.56 bits per heavy atom. The Labute approximate surface area is 155 Å². The van der Waals surface area contributed by atoms with Gasteiger partial charge < -0.3 is 10.1 Å². The zero-order chi connectivity index (χ0) is 19.2. The highest BCUT2D eigenvalue weighted by Gasteiger charge is 2.15. The van der Waals surface area contributed by atoms with Crippen LogP contribution in [-0.4, -0.2) is 26.8 Å². The maximum Gasteiger partial charge on any atom is 0.390 e. The fourth-order valence-electron chi connectivity index (χ4n) is 2.45. The number of nitrogens with one attached hydrogen (secondary N) is 1. The molecular formula is C19H17N5O3. The molecule has 0 fully saturated rings. The molecule has 0 aliphatic carbocycles. The smallest absolute Gasteiger partial charge is 0.358 e. The maximum atomic E-state index is 12.1. The van der Waals surface area contributed by atoms with E-state index in [4.69, 9.17) is 0 Å². The lowest BCUT2D eigenvalue weighted by atomic mass is 10.1. The molecular weight excluding hydrogens is 346 g/mol. The molecule has 8 heteroatoms. The van der Waals surface area contributed by atoms with Crippen molar-refractivity contribution in [2.45, 2.75) is 13.5 Å². The molecule has 8 nitrogen and oxygen atoms in total. The molecule has 3 rings (SSSR count). The number of hydrogen-bond acceptors (Lipinski definition) is 5. The molecule has 1 N–H and O–H groups in total. The van der Waals surface area contributed by atoms with E-state index in [9.17, 15) is 14.9 Å². The van der Waals surface area contributed by atoms with Crippen LogP contribution in [0, 0.1) is 17.0 Å². The van der Waals surface area contributed by atoms with Crippen molar-refractivity contribution in [3.8, 4) is 0 Å². The third kappa shape index (κ3) is 4.63. The van der Waals surface area contributed by atoms with Gasteiger partial charge in [0.1, 0.15) is 0 Å². The molecule has 0 bridgehead atoms. The third-order valence-electron chi connectivity index (χ3n) is 3.88. The third-order valence-corrected chi connectivity index (χ3v) is 3.88. The van der Waals surface area contributed by atoms with E-state index in [1.807, 2.05) is 30.3 Å². The van der Waals surface area contributed by atoms with Crippen molar-refractivity contribution in [2.24, 2.45) is 5.10 Å². The summed E-state index contributed by atoms with van der Waals surface area (Å²) in [5.41, 5.74) is 5.40. The molecule has 0 atom stereocenters. The minimum atomic E-state index is -0.521. The van der Waals surface area contributed by atoms with Gasteiger partial charge in [0.05, 0.1) is 29.6 Å². The Balaban J connectivity index is 1.62. The van der Waals surface area contributed by atoms with Crippen LogP contribution in [0.1, 0.15) is 27.2 Å². The van der Waals surface area contributed by atoms with Crippen molar-refractivity contribution in [3.05, 3.63) is 93.2 Å². The second-order valence-corrected chi connectivity index (χ2v) is 5.87. The summed E-state index contributed by atoms with van der Waals surface area (Å²) in [4.78, 5) is 22.4. The molecule has 0 radical (unpaired) electrons. The highest BCUT2D eigenvalue weighted by Crippen LogP contribution is 2.13. The predicted octanol–water partition coefficient (Wildman–Crippen LogP) is 2.91. The van der Waals surface area contributed by atoms with Crippen LogP contribution in [-0.2, 0) is 6.54 Å². The molecule has 3 aromatic rings. The first kappa shape index (κ1) is 18.0. The highest BCUT2D eigenvalue weighted by atomic mass is 16.6. The summed E-state index contributed by atoms with van der Waals surface area (Å²) in [6.07, 6.45) is 1.57. The van der Waals surface area contributed by atoms with E-state index in [0.717, 1.165) is 11.1 Å². The summed E-state index contributed by atoms with van der Waals surface area (Å²) < 4.78 is 1.55. The lowest BCUT2D eigenvalue weighted by Gasteiger charge is -2.03. The average Bonchev–Trinajstić information content (AvgIpc) is 3.04. The largest absolute Gasteiger partial charge is 0.390 e. The van der Waals surface area contributed by atoms with Crippen molar-refractivity contribution in [3.63, 3.8) is 0 Å².